The number of halogens is 1. The number of rotatable bonds is 3. The Hall–Kier alpha value is -1.17. The fourth-order valence-electron chi connectivity index (χ4n) is 2.32. The molecule has 2 aromatic rings. The van der Waals surface area contributed by atoms with Gasteiger partial charge in [-0.2, -0.15) is 5.10 Å². The molecule has 1 saturated heterocycles. The standard InChI is InChI=1S/C14H17BrN4/c15-13-9-17-19(11-13)14-3-1-12(2-4-14)10-18-7-5-16-6-8-18/h1-4,9,11,16H,5-8,10H2. The summed E-state index contributed by atoms with van der Waals surface area (Å²) in [6.45, 7) is 5.49. The van der Waals surface area contributed by atoms with Crippen LogP contribution in [0.1, 0.15) is 5.56 Å². The van der Waals surface area contributed by atoms with Crippen LogP contribution in [0.25, 0.3) is 5.69 Å². The summed E-state index contributed by atoms with van der Waals surface area (Å²) in [4.78, 5) is 2.48. The molecule has 1 aliphatic rings. The summed E-state index contributed by atoms with van der Waals surface area (Å²) in [7, 11) is 0. The maximum absolute atomic E-state index is 4.28. The summed E-state index contributed by atoms with van der Waals surface area (Å²) in [5.41, 5.74) is 2.45. The molecule has 19 heavy (non-hydrogen) atoms. The Morgan fingerprint density at radius 3 is 2.53 bits per heavy atom. The summed E-state index contributed by atoms with van der Waals surface area (Å²) in [5.74, 6) is 0. The third kappa shape index (κ3) is 3.23. The third-order valence-corrected chi connectivity index (χ3v) is 3.78. The molecule has 0 radical (unpaired) electrons. The van der Waals surface area contributed by atoms with Gasteiger partial charge in [-0.05, 0) is 33.6 Å². The van der Waals surface area contributed by atoms with E-state index in [-0.39, 0.29) is 0 Å². The van der Waals surface area contributed by atoms with Gasteiger partial charge in [-0.15, -0.1) is 0 Å². The van der Waals surface area contributed by atoms with Gasteiger partial charge in [-0.25, -0.2) is 4.68 Å². The fraction of sp³-hybridized carbons (Fsp3) is 0.357. The highest BCUT2D eigenvalue weighted by Crippen LogP contribution is 2.14. The van der Waals surface area contributed by atoms with Crippen molar-refractivity contribution in [3.63, 3.8) is 0 Å². The van der Waals surface area contributed by atoms with Gasteiger partial charge in [-0.3, -0.25) is 4.90 Å². The molecule has 0 unspecified atom stereocenters. The van der Waals surface area contributed by atoms with E-state index < -0.39 is 0 Å². The Bertz CT molecular complexity index is 529. The molecule has 0 bridgehead atoms. The SMILES string of the molecule is Brc1cnn(-c2ccc(CN3CCNCC3)cc2)c1. The van der Waals surface area contributed by atoms with E-state index in [1.807, 2.05) is 10.9 Å². The molecule has 0 spiro atoms. The number of aromatic nitrogens is 2. The van der Waals surface area contributed by atoms with E-state index >= 15 is 0 Å². The zero-order valence-corrected chi connectivity index (χ0v) is 12.3. The van der Waals surface area contributed by atoms with Gasteiger partial charge in [0, 0.05) is 38.9 Å². The minimum Gasteiger partial charge on any atom is -0.314 e. The number of nitrogens with one attached hydrogen (secondary N) is 1. The molecule has 0 amide bonds. The molecule has 0 atom stereocenters. The first-order valence-electron chi connectivity index (χ1n) is 6.54. The highest BCUT2D eigenvalue weighted by atomic mass is 79.9. The van der Waals surface area contributed by atoms with E-state index in [1.54, 1.807) is 6.20 Å². The summed E-state index contributed by atoms with van der Waals surface area (Å²) in [6, 6.07) is 8.62. The van der Waals surface area contributed by atoms with Crippen LogP contribution >= 0.6 is 15.9 Å². The van der Waals surface area contributed by atoms with E-state index in [0.29, 0.717) is 0 Å². The molecule has 100 valence electrons. The Morgan fingerprint density at radius 2 is 1.89 bits per heavy atom. The van der Waals surface area contributed by atoms with Crippen molar-refractivity contribution in [3.05, 3.63) is 46.7 Å². The minimum absolute atomic E-state index is 0.998. The first-order chi connectivity index (χ1) is 9.31. The number of piperazine rings is 1. The lowest BCUT2D eigenvalue weighted by atomic mass is 10.2. The topological polar surface area (TPSA) is 33.1 Å². The minimum atomic E-state index is 0.998. The average Bonchev–Trinajstić information content (AvgIpc) is 2.87. The molecular formula is C14H17BrN4. The van der Waals surface area contributed by atoms with Crippen molar-refractivity contribution in [1.82, 2.24) is 20.0 Å². The monoisotopic (exact) mass is 320 g/mol. The smallest absolute Gasteiger partial charge is 0.0646 e. The third-order valence-electron chi connectivity index (χ3n) is 3.37. The Morgan fingerprint density at radius 1 is 1.16 bits per heavy atom. The summed E-state index contributed by atoms with van der Waals surface area (Å²) in [6.07, 6.45) is 3.76. The largest absolute Gasteiger partial charge is 0.314 e. The van der Waals surface area contributed by atoms with E-state index in [9.17, 15) is 0 Å². The van der Waals surface area contributed by atoms with Gasteiger partial charge in [0.1, 0.15) is 0 Å². The van der Waals surface area contributed by atoms with Gasteiger partial charge in [0.15, 0.2) is 0 Å². The highest BCUT2D eigenvalue weighted by molar-refractivity contribution is 9.10. The maximum atomic E-state index is 4.28. The van der Waals surface area contributed by atoms with Gasteiger partial charge in [-0.1, -0.05) is 12.1 Å². The molecule has 5 heteroatoms. The molecule has 4 nitrogen and oxygen atoms in total. The molecule has 3 rings (SSSR count). The lowest BCUT2D eigenvalue weighted by molar-refractivity contribution is 0.233. The first-order valence-corrected chi connectivity index (χ1v) is 7.33. The van der Waals surface area contributed by atoms with Crippen molar-refractivity contribution in [2.75, 3.05) is 26.2 Å². The zero-order chi connectivity index (χ0) is 13.1. The van der Waals surface area contributed by atoms with Crippen LogP contribution in [0, 0.1) is 0 Å². The van der Waals surface area contributed by atoms with E-state index in [4.69, 9.17) is 0 Å². The van der Waals surface area contributed by atoms with Gasteiger partial charge in [0.2, 0.25) is 0 Å². The molecule has 0 aliphatic carbocycles. The molecule has 1 N–H and O–H groups in total. The first kappa shape index (κ1) is 12.8. The highest BCUT2D eigenvalue weighted by Gasteiger charge is 2.09. The number of hydrogen-bond donors (Lipinski definition) is 1. The van der Waals surface area contributed by atoms with E-state index in [1.165, 1.54) is 5.56 Å². The average molecular weight is 321 g/mol. The number of hydrogen-bond acceptors (Lipinski definition) is 3. The van der Waals surface area contributed by atoms with Crippen LogP contribution in [0.3, 0.4) is 0 Å². The van der Waals surface area contributed by atoms with Crippen molar-refractivity contribution in [2.24, 2.45) is 0 Å². The molecule has 1 fully saturated rings. The molecule has 1 aliphatic heterocycles. The van der Waals surface area contributed by atoms with Crippen LogP contribution in [0.5, 0.6) is 0 Å². The summed E-state index contributed by atoms with van der Waals surface area (Å²) in [5, 5.41) is 7.66. The maximum Gasteiger partial charge on any atom is 0.0646 e. The van der Waals surface area contributed by atoms with Crippen LogP contribution in [-0.4, -0.2) is 40.9 Å². The van der Waals surface area contributed by atoms with Crippen molar-refractivity contribution in [2.45, 2.75) is 6.54 Å². The molecule has 1 aromatic heterocycles. The predicted molar refractivity (Wildman–Crippen MR) is 79.4 cm³/mol. The van der Waals surface area contributed by atoms with Crippen molar-refractivity contribution in [3.8, 4) is 5.69 Å². The van der Waals surface area contributed by atoms with Crippen molar-refractivity contribution < 1.29 is 0 Å². The van der Waals surface area contributed by atoms with Crippen LogP contribution in [-0.2, 0) is 6.54 Å². The lowest BCUT2D eigenvalue weighted by Crippen LogP contribution is -2.42. The number of nitrogens with zero attached hydrogens (tertiary/aromatic N) is 3. The molecular weight excluding hydrogens is 304 g/mol. The van der Waals surface area contributed by atoms with E-state index in [0.717, 1.165) is 42.9 Å². The van der Waals surface area contributed by atoms with Crippen molar-refractivity contribution >= 4 is 15.9 Å². The number of benzene rings is 1. The lowest BCUT2D eigenvalue weighted by Gasteiger charge is -2.27. The summed E-state index contributed by atoms with van der Waals surface area (Å²) < 4.78 is 2.87. The van der Waals surface area contributed by atoms with Gasteiger partial charge in [0.05, 0.1) is 16.4 Å². The van der Waals surface area contributed by atoms with Gasteiger partial charge < -0.3 is 5.32 Å². The second kappa shape index (κ2) is 5.86. The summed E-state index contributed by atoms with van der Waals surface area (Å²) >= 11 is 3.41. The van der Waals surface area contributed by atoms with Gasteiger partial charge >= 0.3 is 0 Å². The second-order valence-corrected chi connectivity index (χ2v) is 5.71. The van der Waals surface area contributed by atoms with Crippen molar-refractivity contribution in [1.29, 1.82) is 0 Å². The molecule has 2 heterocycles. The van der Waals surface area contributed by atoms with Crippen LogP contribution in [0.2, 0.25) is 0 Å². The Labute approximate surface area is 121 Å². The second-order valence-electron chi connectivity index (χ2n) is 4.80. The zero-order valence-electron chi connectivity index (χ0n) is 10.7. The normalized spacial score (nSPS) is 16.7. The Balaban J connectivity index is 1.68. The van der Waals surface area contributed by atoms with Gasteiger partial charge in [0.25, 0.3) is 0 Å². The van der Waals surface area contributed by atoms with Crippen LogP contribution in [0.4, 0.5) is 0 Å². The quantitative estimate of drug-likeness (QED) is 0.939. The fourth-order valence-corrected chi connectivity index (χ4v) is 2.61. The van der Waals surface area contributed by atoms with Crippen LogP contribution in [0.15, 0.2) is 41.1 Å². The predicted octanol–water partition coefficient (Wildman–Crippen LogP) is 2.04. The molecule has 0 saturated carbocycles. The molecule has 1 aromatic carbocycles. The Kier molecular flexibility index (Phi) is 3.96. The van der Waals surface area contributed by atoms with Crippen LogP contribution < -0.4 is 5.32 Å². The van der Waals surface area contributed by atoms with E-state index in [2.05, 4.69) is 55.5 Å².